The Labute approximate surface area is 156 Å². The molecule has 140 valence electrons. The minimum absolute atomic E-state index is 0.0177. The van der Waals surface area contributed by atoms with Crippen molar-refractivity contribution in [3.05, 3.63) is 38.0 Å². The van der Waals surface area contributed by atoms with Crippen LogP contribution in [0.15, 0.2) is 27.9 Å². The Bertz CT molecular complexity index is 792. The van der Waals surface area contributed by atoms with Crippen molar-refractivity contribution in [2.75, 3.05) is 39.6 Å². The maximum Gasteiger partial charge on any atom is 0.355 e. The average molecular weight is 431 g/mol. The van der Waals surface area contributed by atoms with E-state index in [1.165, 1.54) is 24.1 Å². The number of halogens is 1. The van der Waals surface area contributed by atoms with Crippen LogP contribution < -0.4 is 9.64 Å². The number of esters is 2. The molecule has 0 atom stereocenters. The lowest BCUT2D eigenvalue weighted by Crippen LogP contribution is -2.39. The summed E-state index contributed by atoms with van der Waals surface area (Å²) in [6, 6.07) is 2.62. The molecule has 0 amide bonds. The third-order valence-corrected chi connectivity index (χ3v) is 4.35. The number of nitrogens with zero attached hydrogens (tertiary/aromatic N) is 2. The number of rotatable bonds is 5. The summed E-state index contributed by atoms with van der Waals surface area (Å²) >= 11 is 3.25. The van der Waals surface area contributed by atoms with E-state index in [0.717, 1.165) is 14.2 Å². The number of carbonyl (C=O) groups excluding carboxylic acids is 2. The Balaban J connectivity index is 2.78. The van der Waals surface area contributed by atoms with Gasteiger partial charge in [0.05, 0.1) is 42.9 Å². The molecule has 1 heterocycles. The highest BCUT2D eigenvalue weighted by molar-refractivity contribution is 9.10. The van der Waals surface area contributed by atoms with Crippen LogP contribution in [-0.4, -0.2) is 51.5 Å². The molecule has 0 fully saturated rings. The van der Waals surface area contributed by atoms with Crippen LogP contribution in [0.1, 0.15) is 0 Å². The van der Waals surface area contributed by atoms with Gasteiger partial charge in [0, 0.05) is 6.07 Å². The van der Waals surface area contributed by atoms with Crippen LogP contribution in [-0.2, 0) is 23.8 Å². The maximum absolute atomic E-state index is 12.3. The molecule has 2 rings (SSSR count). The number of nitro benzene ring substituents is 1. The Morgan fingerprint density at radius 2 is 1.88 bits per heavy atom. The van der Waals surface area contributed by atoms with E-state index in [1.807, 2.05) is 0 Å². The molecule has 0 saturated carbocycles. The second-order valence-corrected chi connectivity index (χ2v) is 5.72. The number of hydrogen-bond donors (Lipinski definition) is 0. The van der Waals surface area contributed by atoms with Gasteiger partial charge in [0.25, 0.3) is 5.69 Å². The molecule has 1 aliphatic heterocycles. The topological polar surface area (TPSA) is 117 Å². The van der Waals surface area contributed by atoms with Crippen LogP contribution in [0.3, 0.4) is 0 Å². The molecule has 26 heavy (non-hydrogen) atoms. The van der Waals surface area contributed by atoms with Crippen molar-refractivity contribution in [3.8, 4) is 5.75 Å². The number of benzene rings is 1. The number of carbonyl (C=O) groups is 2. The van der Waals surface area contributed by atoms with Gasteiger partial charge in [0.1, 0.15) is 23.9 Å². The Hall–Kier alpha value is -2.66. The standard InChI is InChI=1S/C15H15BrN2O8/c1-23-10-5-4-9(18(21)22)13(11(10)16)17-7-26-6-8(14(19)24-2)12(17)15(20)25-3/h4-5H,6-7H2,1-3H3. The largest absolute Gasteiger partial charge is 0.495 e. The van der Waals surface area contributed by atoms with Gasteiger partial charge in [-0.2, -0.15) is 0 Å². The molecular formula is C15H15BrN2O8. The van der Waals surface area contributed by atoms with Gasteiger partial charge in [-0.05, 0) is 22.0 Å². The molecule has 11 heteroatoms. The zero-order valence-electron chi connectivity index (χ0n) is 14.1. The highest BCUT2D eigenvalue weighted by atomic mass is 79.9. The quantitative estimate of drug-likeness (QED) is 0.391. The van der Waals surface area contributed by atoms with Crippen molar-refractivity contribution in [2.45, 2.75) is 0 Å². The first-order valence-electron chi connectivity index (χ1n) is 7.13. The highest BCUT2D eigenvalue weighted by Gasteiger charge is 2.37. The number of hydrogen-bond acceptors (Lipinski definition) is 9. The van der Waals surface area contributed by atoms with Crippen LogP contribution >= 0.6 is 15.9 Å². The second-order valence-electron chi connectivity index (χ2n) is 4.92. The lowest BCUT2D eigenvalue weighted by molar-refractivity contribution is -0.384. The Morgan fingerprint density at radius 1 is 1.23 bits per heavy atom. The molecule has 1 aliphatic rings. The molecule has 0 radical (unpaired) electrons. The van der Waals surface area contributed by atoms with Crippen LogP contribution in [0.5, 0.6) is 5.75 Å². The van der Waals surface area contributed by atoms with Crippen LogP contribution in [0.2, 0.25) is 0 Å². The van der Waals surface area contributed by atoms with E-state index >= 15 is 0 Å². The van der Waals surface area contributed by atoms with Crippen LogP contribution in [0, 0.1) is 10.1 Å². The lowest BCUT2D eigenvalue weighted by atomic mass is 10.1. The van der Waals surface area contributed by atoms with Crippen molar-refractivity contribution in [2.24, 2.45) is 0 Å². The molecule has 0 spiro atoms. The van der Waals surface area contributed by atoms with Gasteiger partial charge in [-0.1, -0.05) is 0 Å². The summed E-state index contributed by atoms with van der Waals surface area (Å²) in [6.07, 6.45) is 0. The van der Waals surface area contributed by atoms with E-state index in [1.54, 1.807) is 0 Å². The summed E-state index contributed by atoms with van der Waals surface area (Å²) in [5.41, 5.74) is -0.665. The van der Waals surface area contributed by atoms with E-state index in [2.05, 4.69) is 20.7 Å². The molecule has 0 saturated heterocycles. The highest BCUT2D eigenvalue weighted by Crippen LogP contribution is 2.44. The van der Waals surface area contributed by atoms with Gasteiger partial charge in [-0.15, -0.1) is 0 Å². The molecule has 1 aromatic rings. The maximum atomic E-state index is 12.3. The van der Waals surface area contributed by atoms with Crippen molar-refractivity contribution < 1.29 is 33.5 Å². The summed E-state index contributed by atoms with van der Waals surface area (Å²) in [5.74, 6) is -1.38. The van der Waals surface area contributed by atoms with Gasteiger partial charge < -0.3 is 23.8 Å². The number of methoxy groups -OCH3 is 3. The van der Waals surface area contributed by atoms with E-state index in [-0.39, 0.29) is 40.5 Å². The van der Waals surface area contributed by atoms with Crippen molar-refractivity contribution in [3.63, 3.8) is 0 Å². The summed E-state index contributed by atoms with van der Waals surface area (Å²) in [4.78, 5) is 36.4. The molecule has 0 unspecified atom stereocenters. The normalized spacial score (nSPS) is 14.1. The summed E-state index contributed by atoms with van der Waals surface area (Å²) in [6.45, 7) is -0.430. The molecule has 0 aromatic heterocycles. The molecule has 1 aromatic carbocycles. The third kappa shape index (κ3) is 3.48. The third-order valence-electron chi connectivity index (χ3n) is 3.58. The van der Waals surface area contributed by atoms with Crippen molar-refractivity contribution >= 4 is 39.2 Å². The predicted molar refractivity (Wildman–Crippen MR) is 91.7 cm³/mol. The smallest absolute Gasteiger partial charge is 0.355 e. The Morgan fingerprint density at radius 3 is 2.42 bits per heavy atom. The number of nitro groups is 1. The van der Waals surface area contributed by atoms with Gasteiger partial charge in [0.15, 0.2) is 0 Å². The first kappa shape index (κ1) is 19.7. The minimum Gasteiger partial charge on any atom is -0.495 e. The molecule has 0 aliphatic carbocycles. The van der Waals surface area contributed by atoms with Crippen molar-refractivity contribution in [1.82, 2.24) is 0 Å². The fourth-order valence-electron chi connectivity index (χ4n) is 2.42. The zero-order chi connectivity index (χ0) is 19.4. The van der Waals surface area contributed by atoms with Crippen molar-refractivity contribution in [1.29, 1.82) is 0 Å². The van der Waals surface area contributed by atoms with Crippen LogP contribution in [0.25, 0.3) is 0 Å². The summed E-state index contributed by atoms with van der Waals surface area (Å²) < 4.78 is 20.1. The average Bonchev–Trinajstić information content (AvgIpc) is 2.65. The first-order valence-corrected chi connectivity index (χ1v) is 7.92. The summed E-state index contributed by atoms with van der Waals surface area (Å²) in [7, 11) is 3.67. The molecular weight excluding hydrogens is 416 g/mol. The second kappa shape index (κ2) is 8.15. The van der Waals surface area contributed by atoms with E-state index in [4.69, 9.17) is 14.2 Å². The minimum atomic E-state index is -0.863. The zero-order valence-corrected chi connectivity index (χ0v) is 15.7. The SMILES string of the molecule is COC(=O)C1=C(C(=O)OC)N(c2c([N+](=O)[O-])ccc(OC)c2Br)COC1. The molecule has 0 N–H and O–H groups in total. The van der Waals surface area contributed by atoms with E-state index in [0.29, 0.717) is 5.75 Å². The number of ether oxygens (including phenoxy) is 4. The number of anilines is 1. The predicted octanol–water partition coefficient (Wildman–Crippen LogP) is 1.76. The first-order chi connectivity index (χ1) is 12.4. The molecule has 0 bridgehead atoms. The van der Waals surface area contributed by atoms with Gasteiger partial charge in [-0.3, -0.25) is 10.1 Å². The Kier molecular flexibility index (Phi) is 6.16. The lowest BCUT2D eigenvalue weighted by Gasteiger charge is -2.31. The fourth-order valence-corrected chi connectivity index (χ4v) is 3.13. The fraction of sp³-hybridized carbons (Fsp3) is 0.333. The van der Waals surface area contributed by atoms with E-state index in [9.17, 15) is 19.7 Å². The summed E-state index contributed by atoms with van der Waals surface area (Å²) in [5, 5.41) is 11.5. The van der Waals surface area contributed by atoms with E-state index < -0.39 is 16.9 Å². The van der Waals surface area contributed by atoms with Crippen LogP contribution in [0.4, 0.5) is 11.4 Å². The van der Waals surface area contributed by atoms with Gasteiger partial charge in [-0.25, -0.2) is 9.59 Å². The molecule has 10 nitrogen and oxygen atoms in total. The van der Waals surface area contributed by atoms with Gasteiger partial charge in [0.2, 0.25) is 0 Å². The monoisotopic (exact) mass is 430 g/mol. The van der Waals surface area contributed by atoms with Gasteiger partial charge >= 0.3 is 11.9 Å².